The molecular weight excluding hydrogens is 266 g/mol. The van der Waals surface area contributed by atoms with Crippen molar-refractivity contribution < 1.29 is 4.42 Å². The molecule has 0 radical (unpaired) electrons. The summed E-state index contributed by atoms with van der Waals surface area (Å²) in [5.74, 6) is 1.34. The van der Waals surface area contributed by atoms with Crippen LogP contribution in [0.5, 0.6) is 0 Å². The zero-order chi connectivity index (χ0) is 14.7. The standard InChI is InChI=1S/C15H21N5O/c1-12(14-5-3-4-6-16-14)20-9-7-19(8-10-20)11-15-18-17-13(2)21-15/h3-6,12H,7-11H2,1-2H3/t12-/m1/s1. The number of aromatic nitrogens is 3. The number of rotatable bonds is 4. The summed E-state index contributed by atoms with van der Waals surface area (Å²) in [5, 5.41) is 7.93. The summed E-state index contributed by atoms with van der Waals surface area (Å²) < 4.78 is 5.44. The van der Waals surface area contributed by atoms with Crippen molar-refractivity contribution in [3.05, 3.63) is 41.9 Å². The number of nitrogens with zero attached hydrogens (tertiary/aromatic N) is 5. The summed E-state index contributed by atoms with van der Waals surface area (Å²) in [6.07, 6.45) is 1.86. The summed E-state index contributed by atoms with van der Waals surface area (Å²) in [7, 11) is 0. The van der Waals surface area contributed by atoms with E-state index in [4.69, 9.17) is 4.42 Å². The van der Waals surface area contributed by atoms with Crippen LogP contribution < -0.4 is 0 Å². The predicted octanol–water partition coefficient (Wildman–Crippen LogP) is 1.65. The Morgan fingerprint density at radius 1 is 1.19 bits per heavy atom. The van der Waals surface area contributed by atoms with Gasteiger partial charge in [-0.25, -0.2) is 0 Å². The molecule has 1 aliphatic rings. The second kappa shape index (κ2) is 6.32. The Kier molecular flexibility index (Phi) is 4.26. The van der Waals surface area contributed by atoms with Gasteiger partial charge in [-0.05, 0) is 19.1 Å². The van der Waals surface area contributed by atoms with Crippen molar-refractivity contribution in [3.63, 3.8) is 0 Å². The third-order valence-electron chi connectivity index (χ3n) is 4.00. The van der Waals surface area contributed by atoms with Gasteiger partial charge >= 0.3 is 0 Å². The molecule has 0 unspecified atom stereocenters. The topological polar surface area (TPSA) is 58.3 Å². The Morgan fingerprint density at radius 2 is 2.00 bits per heavy atom. The molecule has 0 aromatic carbocycles. The molecule has 2 aromatic heterocycles. The molecule has 1 saturated heterocycles. The van der Waals surface area contributed by atoms with Gasteiger partial charge in [0.15, 0.2) is 0 Å². The van der Waals surface area contributed by atoms with Crippen molar-refractivity contribution in [1.29, 1.82) is 0 Å². The van der Waals surface area contributed by atoms with Crippen LogP contribution in [0.25, 0.3) is 0 Å². The van der Waals surface area contributed by atoms with Crippen LogP contribution in [0, 0.1) is 6.92 Å². The largest absolute Gasteiger partial charge is 0.424 e. The molecule has 3 heterocycles. The zero-order valence-electron chi connectivity index (χ0n) is 12.6. The van der Waals surface area contributed by atoms with E-state index >= 15 is 0 Å². The van der Waals surface area contributed by atoms with Crippen molar-refractivity contribution in [2.24, 2.45) is 0 Å². The van der Waals surface area contributed by atoms with Crippen molar-refractivity contribution in [3.8, 4) is 0 Å². The fourth-order valence-electron chi connectivity index (χ4n) is 2.71. The quantitative estimate of drug-likeness (QED) is 0.852. The van der Waals surface area contributed by atoms with Gasteiger partial charge in [-0.2, -0.15) is 0 Å². The van der Waals surface area contributed by atoms with E-state index in [9.17, 15) is 0 Å². The summed E-state index contributed by atoms with van der Waals surface area (Å²) in [5.41, 5.74) is 1.14. The minimum Gasteiger partial charge on any atom is -0.424 e. The fourth-order valence-corrected chi connectivity index (χ4v) is 2.71. The van der Waals surface area contributed by atoms with Crippen LogP contribution in [-0.4, -0.2) is 51.2 Å². The highest BCUT2D eigenvalue weighted by atomic mass is 16.4. The molecule has 0 amide bonds. The summed E-state index contributed by atoms with van der Waals surface area (Å²) in [6, 6.07) is 6.46. The minimum atomic E-state index is 0.360. The molecule has 0 N–H and O–H groups in total. The number of hydrogen-bond donors (Lipinski definition) is 0. The fraction of sp³-hybridized carbons (Fsp3) is 0.533. The first-order valence-corrected chi connectivity index (χ1v) is 7.38. The van der Waals surface area contributed by atoms with E-state index in [1.807, 2.05) is 25.3 Å². The highest BCUT2D eigenvalue weighted by Crippen LogP contribution is 2.20. The Balaban J connectivity index is 1.53. The van der Waals surface area contributed by atoms with Gasteiger partial charge in [0, 0.05) is 45.3 Å². The number of aryl methyl sites for hydroxylation is 1. The van der Waals surface area contributed by atoms with Crippen LogP contribution in [0.1, 0.15) is 30.4 Å². The highest BCUT2D eigenvalue weighted by Gasteiger charge is 2.23. The molecule has 0 spiro atoms. The van der Waals surface area contributed by atoms with Gasteiger partial charge in [-0.15, -0.1) is 10.2 Å². The molecule has 0 saturated carbocycles. The van der Waals surface area contributed by atoms with Crippen molar-refractivity contribution in [2.45, 2.75) is 26.4 Å². The number of hydrogen-bond acceptors (Lipinski definition) is 6. The third-order valence-corrected chi connectivity index (χ3v) is 4.00. The molecular formula is C15H21N5O. The maximum Gasteiger partial charge on any atom is 0.230 e. The average Bonchev–Trinajstić information content (AvgIpc) is 2.93. The molecule has 2 aromatic rings. The van der Waals surface area contributed by atoms with Crippen LogP contribution in [0.15, 0.2) is 28.8 Å². The normalized spacial score (nSPS) is 18.8. The van der Waals surface area contributed by atoms with E-state index < -0.39 is 0 Å². The summed E-state index contributed by atoms with van der Waals surface area (Å²) >= 11 is 0. The maximum absolute atomic E-state index is 5.44. The lowest BCUT2D eigenvalue weighted by Crippen LogP contribution is -2.46. The van der Waals surface area contributed by atoms with Crippen molar-refractivity contribution >= 4 is 0 Å². The van der Waals surface area contributed by atoms with Gasteiger partial charge in [0.25, 0.3) is 0 Å². The highest BCUT2D eigenvalue weighted by molar-refractivity contribution is 5.08. The van der Waals surface area contributed by atoms with Crippen LogP contribution >= 0.6 is 0 Å². The lowest BCUT2D eigenvalue weighted by Gasteiger charge is -2.37. The lowest BCUT2D eigenvalue weighted by atomic mass is 10.1. The summed E-state index contributed by atoms with van der Waals surface area (Å²) in [6.45, 7) is 8.88. The molecule has 112 valence electrons. The Hall–Kier alpha value is -1.79. The molecule has 1 aliphatic heterocycles. The van der Waals surface area contributed by atoms with Crippen LogP contribution in [0.2, 0.25) is 0 Å². The van der Waals surface area contributed by atoms with Gasteiger partial charge in [-0.3, -0.25) is 14.8 Å². The van der Waals surface area contributed by atoms with Gasteiger partial charge in [-0.1, -0.05) is 6.07 Å². The van der Waals surface area contributed by atoms with Gasteiger partial charge in [0.05, 0.1) is 12.2 Å². The molecule has 6 nitrogen and oxygen atoms in total. The minimum absolute atomic E-state index is 0.360. The number of piperazine rings is 1. The van der Waals surface area contributed by atoms with Gasteiger partial charge in [0.1, 0.15) is 0 Å². The molecule has 3 rings (SSSR count). The first-order valence-electron chi connectivity index (χ1n) is 7.38. The molecule has 1 atom stereocenters. The smallest absolute Gasteiger partial charge is 0.230 e. The van der Waals surface area contributed by atoms with E-state index in [2.05, 4.69) is 38.0 Å². The molecule has 0 bridgehead atoms. The first-order chi connectivity index (χ1) is 10.2. The second-order valence-electron chi connectivity index (χ2n) is 5.46. The molecule has 21 heavy (non-hydrogen) atoms. The van der Waals surface area contributed by atoms with Gasteiger partial charge < -0.3 is 4.42 Å². The Morgan fingerprint density at radius 3 is 2.62 bits per heavy atom. The first kappa shape index (κ1) is 14.2. The SMILES string of the molecule is Cc1nnc(CN2CCN([C@H](C)c3ccccn3)CC2)o1. The van der Waals surface area contributed by atoms with Crippen molar-refractivity contribution in [2.75, 3.05) is 26.2 Å². The van der Waals surface area contributed by atoms with Crippen molar-refractivity contribution in [1.82, 2.24) is 25.0 Å². The Labute approximate surface area is 124 Å². The van der Waals surface area contributed by atoms with E-state index in [0.29, 0.717) is 17.8 Å². The lowest BCUT2D eigenvalue weighted by molar-refractivity contribution is 0.0905. The zero-order valence-corrected chi connectivity index (χ0v) is 12.6. The molecule has 0 aliphatic carbocycles. The van der Waals surface area contributed by atoms with Crippen LogP contribution in [-0.2, 0) is 6.54 Å². The summed E-state index contributed by atoms with van der Waals surface area (Å²) in [4.78, 5) is 9.28. The van der Waals surface area contributed by atoms with E-state index in [-0.39, 0.29) is 0 Å². The van der Waals surface area contributed by atoms with Gasteiger partial charge in [0.2, 0.25) is 11.8 Å². The predicted molar refractivity (Wildman–Crippen MR) is 78.5 cm³/mol. The monoisotopic (exact) mass is 287 g/mol. The van der Waals surface area contributed by atoms with Crippen LogP contribution in [0.3, 0.4) is 0 Å². The van der Waals surface area contributed by atoms with E-state index in [1.165, 1.54) is 0 Å². The molecule has 1 fully saturated rings. The second-order valence-corrected chi connectivity index (χ2v) is 5.46. The number of pyridine rings is 1. The van der Waals surface area contributed by atoms with E-state index in [1.54, 1.807) is 0 Å². The molecule has 6 heteroatoms. The maximum atomic E-state index is 5.44. The third kappa shape index (κ3) is 3.46. The van der Waals surface area contributed by atoms with Crippen LogP contribution in [0.4, 0.5) is 0 Å². The Bertz CT molecular complexity index is 562. The average molecular weight is 287 g/mol. The van der Waals surface area contributed by atoms with E-state index in [0.717, 1.165) is 38.4 Å².